The summed E-state index contributed by atoms with van der Waals surface area (Å²) in [7, 11) is 0. The number of rotatable bonds is 38. The molecule has 0 aromatic heterocycles. The van der Waals surface area contributed by atoms with Crippen LogP contribution in [0, 0.1) is 0 Å². The zero-order valence-electron chi connectivity index (χ0n) is 31.8. The second-order valence-corrected chi connectivity index (χ2v) is 14.3. The molecule has 0 radical (unpaired) electrons. The molecule has 1 atom stereocenters. The molecule has 0 heterocycles. The van der Waals surface area contributed by atoms with Gasteiger partial charge in [-0.2, -0.15) is 0 Å². The van der Waals surface area contributed by atoms with Crippen molar-refractivity contribution in [3.05, 3.63) is 0 Å². The summed E-state index contributed by atoms with van der Waals surface area (Å²) in [5.74, 6) is -0.888. The molecule has 0 amide bonds. The normalized spacial score (nSPS) is 12.1. The van der Waals surface area contributed by atoms with Gasteiger partial charge in [-0.3, -0.25) is 0 Å². The minimum atomic E-state index is -0.888. The summed E-state index contributed by atoms with van der Waals surface area (Å²) in [5.41, 5.74) is 0. The van der Waals surface area contributed by atoms with Crippen molar-refractivity contribution in [2.75, 3.05) is 13.1 Å². The molecule has 1 unspecified atom stereocenters. The molecule has 0 aromatic rings. The Morgan fingerprint density at radius 1 is 0.422 bits per heavy atom. The third-order valence-electron chi connectivity index (χ3n) is 9.99. The number of carboxylic acids is 1. The van der Waals surface area contributed by atoms with Crippen LogP contribution in [-0.4, -0.2) is 30.0 Å². The topological polar surface area (TPSA) is 43.4 Å². The van der Waals surface area contributed by atoms with Gasteiger partial charge in [0.15, 0.2) is 0 Å². The fraction of sp³-hybridized carbons (Fsp3) is 0.976. The minimum Gasteiger partial charge on any atom is -0.550 e. The van der Waals surface area contributed by atoms with E-state index in [9.17, 15) is 9.90 Å². The van der Waals surface area contributed by atoms with Crippen molar-refractivity contribution in [1.29, 1.82) is 0 Å². The summed E-state index contributed by atoms with van der Waals surface area (Å²) in [5, 5.41) is 11.4. The van der Waals surface area contributed by atoms with Crippen molar-refractivity contribution in [1.82, 2.24) is 4.90 Å². The monoisotopic (exact) mass is 660 g/mol. The Kier molecular flexibility index (Phi) is 44.2. The Hall–Kier alpha value is 1.07. The van der Waals surface area contributed by atoms with Crippen LogP contribution in [-0.2, 0) is 4.79 Å². The molecule has 0 N–H and O–H groups in total. The van der Waals surface area contributed by atoms with Gasteiger partial charge in [0.2, 0.25) is 0 Å². The third kappa shape index (κ3) is 37.7. The van der Waals surface area contributed by atoms with Crippen molar-refractivity contribution < 1.29 is 61.3 Å². The molecule has 264 valence electrons. The molecule has 3 nitrogen and oxygen atoms in total. The second kappa shape index (κ2) is 41.2. The first-order valence-corrected chi connectivity index (χ1v) is 20.6. The van der Waals surface area contributed by atoms with Crippen molar-refractivity contribution in [2.45, 2.75) is 245 Å². The van der Waals surface area contributed by atoms with Crippen LogP contribution in [0.4, 0.5) is 0 Å². The Morgan fingerprint density at radius 2 is 0.644 bits per heavy atom. The van der Waals surface area contributed by atoms with Crippen LogP contribution in [0.15, 0.2) is 0 Å². The summed E-state index contributed by atoms with van der Waals surface area (Å²) in [4.78, 5) is 13.9. The Balaban J connectivity index is 0. The van der Waals surface area contributed by atoms with Gasteiger partial charge >= 0.3 is 51.4 Å². The zero-order chi connectivity index (χ0) is 32.2. The summed E-state index contributed by atoms with van der Waals surface area (Å²) in [6, 6.07) is 0.146. The van der Waals surface area contributed by atoms with Gasteiger partial charge in [-0.05, 0) is 32.4 Å². The summed E-state index contributed by atoms with van der Waals surface area (Å²) in [6.07, 6.45) is 45.6. The smallest absolute Gasteiger partial charge is 0.550 e. The summed E-state index contributed by atoms with van der Waals surface area (Å²) in [6.45, 7) is 8.84. The van der Waals surface area contributed by atoms with E-state index in [0.717, 1.165) is 19.5 Å². The molecule has 45 heavy (non-hydrogen) atoms. The van der Waals surface area contributed by atoms with Crippen molar-refractivity contribution in [3.63, 3.8) is 0 Å². The van der Waals surface area contributed by atoms with Gasteiger partial charge in [-0.15, -0.1) is 0 Å². The van der Waals surface area contributed by atoms with Crippen molar-refractivity contribution >= 4 is 5.97 Å². The molecular formula is C41H82KNO2. The summed E-state index contributed by atoms with van der Waals surface area (Å²) < 4.78 is 0. The van der Waals surface area contributed by atoms with Gasteiger partial charge in [-0.25, -0.2) is 0 Å². The number of hydrogen-bond acceptors (Lipinski definition) is 3. The van der Waals surface area contributed by atoms with E-state index >= 15 is 0 Å². The second-order valence-electron chi connectivity index (χ2n) is 14.3. The average molecular weight is 660 g/mol. The fourth-order valence-corrected chi connectivity index (χ4v) is 6.93. The van der Waals surface area contributed by atoms with E-state index < -0.39 is 5.97 Å². The number of aliphatic carboxylic acids is 1. The van der Waals surface area contributed by atoms with E-state index in [1.165, 1.54) is 205 Å². The molecule has 0 aromatic carbocycles. The van der Waals surface area contributed by atoms with Gasteiger partial charge in [-0.1, -0.05) is 213 Å². The Morgan fingerprint density at radius 3 is 0.844 bits per heavy atom. The number of hydrogen-bond donors (Lipinski definition) is 0. The van der Waals surface area contributed by atoms with Gasteiger partial charge in [0.25, 0.3) is 0 Å². The quantitative estimate of drug-likeness (QED) is 0.0490. The maximum Gasteiger partial charge on any atom is 1.00 e. The van der Waals surface area contributed by atoms with Crippen molar-refractivity contribution in [3.8, 4) is 0 Å². The first-order chi connectivity index (χ1) is 21.7. The number of carbonyl (C=O) groups excluding carboxylic acids is 1. The van der Waals surface area contributed by atoms with E-state index in [0.29, 0.717) is 0 Å². The number of carbonyl (C=O) groups is 1. The first-order valence-electron chi connectivity index (χ1n) is 20.6. The average Bonchev–Trinajstić information content (AvgIpc) is 3.02. The van der Waals surface area contributed by atoms with Crippen LogP contribution in [0.5, 0.6) is 0 Å². The molecule has 0 fully saturated rings. The minimum absolute atomic E-state index is 0. The molecule has 0 aliphatic rings. The predicted molar refractivity (Wildman–Crippen MR) is 194 cm³/mol. The number of carboxylic acid groups (broad SMARTS) is 1. The van der Waals surface area contributed by atoms with Gasteiger partial charge in [0.05, 0.1) is 0 Å². The Bertz CT molecular complexity index is 522. The van der Waals surface area contributed by atoms with Crippen LogP contribution < -0.4 is 56.5 Å². The molecule has 0 aliphatic carbocycles. The Labute approximate surface area is 327 Å². The zero-order valence-corrected chi connectivity index (χ0v) is 34.9. The maximum atomic E-state index is 11.4. The molecule has 0 saturated carbocycles. The van der Waals surface area contributed by atoms with E-state index in [1.54, 1.807) is 0 Å². The van der Waals surface area contributed by atoms with E-state index in [2.05, 4.69) is 25.7 Å². The van der Waals surface area contributed by atoms with Crippen LogP contribution in [0.3, 0.4) is 0 Å². The van der Waals surface area contributed by atoms with Crippen LogP contribution >= 0.6 is 0 Å². The van der Waals surface area contributed by atoms with Crippen molar-refractivity contribution in [2.24, 2.45) is 0 Å². The van der Waals surface area contributed by atoms with Gasteiger partial charge in [0.1, 0.15) is 0 Å². The SMILES string of the molecule is CCCCCCCCCCCCCCCCCCN(CCCCCCCCCCCCCCCCCC)C(CC)CC(=O)[O-].[K+]. The number of nitrogens with zero attached hydrogens (tertiary/aromatic N) is 1. The van der Waals surface area contributed by atoms with E-state index in [1.807, 2.05) is 0 Å². The standard InChI is InChI=1S/C41H83NO2.K/c1-4-7-9-11-13-15-17-19-21-23-25-27-29-31-33-35-37-42(40(6-3)39-41(43)44)38-36-34-32-30-28-26-24-22-20-18-16-14-12-10-8-5-2;/h40H,4-39H2,1-3H3,(H,43,44);/q;+1/p-1. The van der Waals surface area contributed by atoms with Crippen LogP contribution in [0.2, 0.25) is 0 Å². The molecule has 0 spiro atoms. The maximum absolute atomic E-state index is 11.4. The predicted octanol–water partition coefficient (Wildman–Crippen LogP) is 9.73. The van der Waals surface area contributed by atoms with E-state index in [4.69, 9.17) is 0 Å². The van der Waals surface area contributed by atoms with Gasteiger partial charge < -0.3 is 14.8 Å². The fourth-order valence-electron chi connectivity index (χ4n) is 6.93. The largest absolute Gasteiger partial charge is 1.00 e. The molecule has 0 aliphatic heterocycles. The van der Waals surface area contributed by atoms with E-state index in [-0.39, 0.29) is 63.8 Å². The van der Waals surface area contributed by atoms with Crippen LogP contribution in [0.1, 0.15) is 239 Å². The molecule has 0 saturated heterocycles. The molecule has 0 bridgehead atoms. The molecule has 0 rings (SSSR count). The third-order valence-corrected chi connectivity index (χ3v) is 9.99. The molecule has 4 heteroatoms. The van der Waals surface area contributed by atoms with Crippen LogP contribution in [0.25, 0.3) is 0 Å². The molecular weight excluding hydrogens is 578 g/mol. The van der Waals surface area contributed by atoms with Gasteiger partial charge in [0, 0.05) is 18.4 Å². The summed E-state index contributed by atoms with van der Waals surface area (Å²) >= 11 is 0. The number of unbranched alkanes of at least 4 members (excludes halogenated alkanes) is 30. The first kappa shape index (κ1) is 48.2.